The first-order valence-electron chi connectivity index (χ1n) is 8.85. The van der Waals surface area contributed by atoms with Gasteiger partial charge in [0.05, 0.1) is 6.54 Å². The number of aromatic nitrogens is 1. The van der Waals surface area contributed by atoms with Crippen LogP contribution in [0, 0.1) is 5.82 Å². The van der Waals surface area contributed by atoms with Crippen molar-refractivity contribution in [1.82, 2.24) is 10.1 Å². The van der Waals surface area contributed by atoms with Crippen LogP contribution < -0.4 is 5.32 Å². The molecular weight excluding hydrogens is 345 g/mol. The summed E-state index contributed by atoms with van der Waals surface area (Å²) in [5, 5.41) is 6.80. The number of benzene rings is 2. The van der Waals surface area contributed by atoms with Crippen LogP contribution >= 0.6 is 0 Å². The molecule has 0 radical (unpaired) electrons. The molecule has 6 heteroatoms. The summed E-state index contributed by atoms with van der Waals surface area (Å²) in [6, 6.07) is 17.7. The molecule has 27 heavy (non-hydrogen) atoms. The van der Waals surface area contributed by atoms with Crippen molar-refractivity contribution in [3.63, 3.8) is 0 Å². The molecule has 0 aliphatic heterocycles. The number of halogens is 1. The number of carbonyl (C=O) groups excluding carboxylic acids is 1. The SMILES string of the molecule is CN(CCCc1cc(-c2ccccc2)no1)CC(=O)Nc1cccc(F)c1. The van der Waals surface area contributed by atoms with Gasteiger partial charge in [-0.2, -0.15) is 0 Å². The van der Waals surface area contributed by atoms with Crippen LogP contribution in [0.1, 0.15) is 12.2 Å². The van der Waals surface area contributed by atoms with Gasteiger partial charge in [0.1, 0.15) is 17.3 Å². The van der Waals surface area contributed by atoms with E-state index in [0.29, 0.717) is 5.69 Å². The largest absolute Gasteiger partial charge is 0.361 e. The Hall–Kier alpha value is -2.99. The van der Waals surface area contributed by atoms with Crippen molar-refractivity contribution in [2.45, 2.75) is 12.8 Å². The van der Waals surface area contributed by atoms with Crippen LogP contribution in [0.15, 0.2) is 65.2 Å². The predicted octanol–water partition coefficient (Wildman–Crippen LogP) is 3.98. The lowest BCUT2D eigenvalue weighted by molar-refractivity contribution is -0.117. The summed E-state index contributed by atoms with van der Waals surface area (Å²) in [7, 11) is 1.88. The number of amides is 1. The fourth-order valence-electron chi connectivity index (χ4n) is 2.79. The smallest absolute Gasteiger partial charge is 0.238 e. The van der Waals surface area contributed by atoms with E-state index in [2.05, 4.69) is 10.5 Å². The number of hydrogen-bond donors (Lipinski definition) is 1. The highest BCUT2D eigenvalue weighted by Crippen LogP contribution is 2.19. The van der Waals surface area contributed by atoms with Crippen molar-refractivity contribution >= 4 is 11.6 Å². The maximum Gasteiger partial charge on any atom is 0.238 e. The average molecular weight is 367 g/mol. The third-order valence-corrected chi connectivity index (χ3v) is 4.11. The second-order valence-electron chi connectivity index (χ2n) is 6.44. The van der Waals surface area contributed by atoms with Crippen LogP contribution in [0.3, 0.4) is 0 Å². The molecule has 5 nitrogen and oxygen atoms in total. The topological polar surface area (TPSA) is 58.4 Å². The molecule has 0 unspecified atom stereocenters. The number of anilines is 1. The molecular formula is C21H22FN3O2. The second kappa shape index (κ2) is 9.09. The van der Waals surface area contributed by atoms with E-state index in [1.54, 1.807) is 12.1 Å². The predicted molar refractivity (Wildman–Crippen MR) is 103 cm³/mol. The Balaban J connectivity index is 1.41. The van der Waals surface area contributed by atoms with Gasteiger partial charge in [0, 0.05) is 23.7 Å². The van der Waals surface area contributed by atoms with E-state index in [-0.39, 0.29) is 18.3 Å². The maximum absolute atomic E-state index is 13.1. The fourth-order valence-corrected chi connectivity index (χ4v) is 2.79. The zero-order valence-electron chi connectivity index (χ0n) is 15.2. The van der Waals surface area contributed by atoms with E-state index in [1.807, 2.05) is 48.3 Å². The Morgan fingerprint density at radius 3 is 2.74 bits per heavy atom. The molecule has 0 fully saturated rings. The van der Waals surface area contributed by atoms with Crippen molar-refractivity contribution < 1.29 is 13.7 Å². The molecule has 3 aromatic rings. The normalized spacial score (nSPS) is 10.9. The summed E-state index contributed by atoms with van der Waals surface area (Å²) >= 11 is 0. The first-order chi connectivity index (χ1) is 13.1. The first kappa shape index (κ1) is 18.8. The number of hydrogen-bond acceptors (Lipinski definition) is 4. The zero-order chi connectivity index (χ0) is 19.1. The zero-order valence-corrected chi connectivity index (χ0v) is 15.2. The minimum atomic E-state index is -0.372. The quantitative estimate of drug-likeness (QED) is 0.654. The van der Waals surface area contributed by atoms with Crippen molar-refractivity contribution in [2.24, 2.45) is 0 Å². The molecule has 0 aliphatic rings. The van der Waals surface area contributed by atoms with Crippen LogP contribution in [-0.2, 0) is 11.2 Å². The Kier molecular flexibility index (Phi) is 6.33. The molecule has 3 rings (SSSR count). The maximum atomic E-state index is 13.1. The van der Waals surface area contributed by atoms with Crippen LogP contribution in [0.25, 0.3) is 11.3 Å². The Labute approximate surface area is 157 Å². The number of likely N-dealkylation sites (N-methyl/N-ethyl adjacent to an activating group) is 1. The van der Waals surface area contributed by atoms with E-state index in [0.717, 1.165) is 36.4 Å². The lowest BCUT2D eigenvalue weighted by Gasteiger charge is -2.15. The van der Waals surface area contributed by atoms with Gasteiger partial charge < -0.3 is 9.84 Å². The van der Waals surface area contributed by atoms with Gasteiger partial charge in [-0.25, -0.2) is 4.39 Å². The molecule has 1 amide bonds. The molecule has 0 saturated carbocycles. The first-order valence-corrected chi connectivity index (χ1v) is 8.85. The Bertz CT molecular complexity index is 880. The van der Waals surface area contributed by atoms with E-state index in [9.17, 15) is 9.18 Å². The highest BCUT2D eigenvalue weighted by molar-refractivity contribution is 5.92. The molecule has 0 spiro atoms. The molecule has 1 N–H and O–H groups in total. The van der Waals surface area contributed by atoms with Gasteiger partial charge in [-0.1, -0.05) is 41.6 Å². The van der Waals surface area contributed by atoms with Gasteiger partial charge in [-0.3, -0.25) is 9.69 Å². The van der Waals surface area contributed by atoms with Gasteiger partial charge in [-0.15, -0.1) is 0 Å². The van der Waals surface area contributed by atoms with Crippen molar-refractivity contribution in [3.05, 3.63) is 72.2 Å². The van der Waals surface area contributed by atoms with Gasteiger partial charge in [0.15, 0.2) is 0 Å². The third-order valence-electron chi connectivity index (χ3n) is 4.11. The monoisotopic (exact) mass is 367 g/mol. The van der Waals surface area contributed by atoms with Crippen molar-refractivity contribution in [3.8, 4) is 11.3 Å². The number of carbonyl (C=O) groups is 1. The van der Waals surface area contributed by atoms with Crippen LogP contribution in [0.2, 0.25) is 0 Å². The highest BCUT2D eigenvalue weighted by atomic mass is 19.1. The molecule has 0 atom stereocenters. The van der Waals surface area contributed by atoms with Crippen LogP contribution in [-0.4, -0.2) is 36.1 Å². The minimum Gasteiger partial charge on any atom is -0.361 e. The van der Waals surface area contributed by atoms with E-state index < -0.39 is 0 Å². The Morgan fingerprint density at radius 2 is 1.96 bits per heavy atom. The Morgan fingerprint density at radius 1 is 1.15 bits per heavy atom. The average Bonchev–Trinajstić information content (AvgIpc) is 3.11. The molecule has 1 aromatic heterocycles. The number of nitrogens with one attached hydrogen (secondary N) is 1. The van der Waals surface area contributed by atoms with Crippen LogP contribution in [0.5, 0.6) is 0 Å². The summed E-state index contributed by atoms with van der Waals surface area (Å²) < 4.78 is 18.5. The van der Waals surface area contributed by atoms with Gasteiger partial charge in [0.25, 0.3) is 0 Å². The summed E-state index contributed by atoms with van der Waals surface area (Å²) in [6.45, 7) is 0.972. The van der Waals surface area contributed by atoms with Gasteiger partial charge >= 0.3 is 0 Å². The molecule has 0 aliphatic carbocycles. The fraction of sp³-hybridized carbons (Fsp3) is 0.238. The van der Waals surface area contributed by atoms with Gasteiger partial charge in [0.2, 0.25) is 5.91 Å². The number of aryl methyl sites for hydroxylation is 1. The minimum absolute atomic E-state index is 0.172. The van der Waals surface area contributed by atoms with E-state index in [1.165, 1.54) is 12.1 Å². The highest BCUT2D eigenvalue weighted by Gasteiger charge is 2.09. The lowest BCUT2D eigenvalue weighted by Crippen LogP contribution is -2.31. The summed E-state index contributed by atoms with van der Waals surface area (Å²) in [5.74, 6) is 0.281. The molecule has 0 bridgehead atoms. The van der Waals surface area contributed by atoms with Gasteiger partial charge in [-0.05, 0) is 38.2 Å². The molecule has 140 valence electrons. The van der Waals surface area contributed by atoms with Crippen molar-refractivity contribution in [1.29, 1.82) is 0 Å². The van der Waals surface area contributed by atoms with E-state index in [4.69, 9.17) is 4.52 Å². The lowest BCUT2D eigenvalue weighted by atomic mass is 10.1. The van der Waals surface area contributed by atoms with Crippen LogP contribution in [0.4, 0.5) is 10.1 Å². The summed E-state index contributed by atoms with van der Waals surface area (Å²) in [4.78, 5) is 13.9. The standard InChI is InChI=1S/C21H22FN3O2/c1-25(15-21(26)23-18-10-5-9-17(22)13-18)12-6-11-19-14-20(24-27-19)16-7-3-2-4-8-16/h2-5,7-10,13-14H,6,11-12,15H2,1H3,(H,23,26). The number of rotatable bonds is 8. The number of nitrogens with zero attached hydrogens (tertiary/aromatic N) is 2. The molecule has 2 aromatic carbocycles. The molecule has 0 saturated heterocycles. The second-order valence-corrected chi connectivity index (χ2v) is 6.44. The van der Waals surface area contributed by atoms with Crippen molar-refractivity contribution in [2.75, 3.05) is 25.5 Å². The third kappa shape index (κ3) is 5.76. The molecule has 1 heterocycles. The summed E-state index contributed by atoms with van der Waals surface area (Å²) in [5.41, 5.74) is 2.32. The summed E-state index contributed by atoms with van der Waals surface area (Å²) in [6.07, 6.45) is 1.59. The van der Waals surface area contributed by atoms with E-state index >= 15 is 0 Å².